The summed E-state index contributed by atoms with van der Waals surface area (Å²) in [7, 11) is 0. The van der Waals surface area contributed by atoms with Gasteiger partial charge in [-0.3, -0.25) is 4.90 Å². The average Bonchev–Trinajstić information content (AvgIpc) is 2.76. The minimum absolute atomic E-state index is 0.123. The summed E-state index contributed by atoms with van der Waals surface area (Å²) in [6, 6.07) is 13.3. The lowest BCUT2D eigenvalue weighted by atomic mass is 9.90. The second-order valence-electron chi connectivity index (χ2n) is 8.47. The van der Waals surface area contributed by atoms with E-state index in [1.807, 2.05) is 30.3 Å². The van der Waals surface area contributed by atoms with E-state index in [1.54, 1.807) is 45.0 Å². The van der Waals surface area contributed by atoms with Crippen molar-refractivity contribution in [2.24, 2.45) is 5.16 Å². The third-order valence-electron chi connectivity index (χ3n) is 4.74. The Labute approximate surface area is 193 Å². The van der Waals surface area contributed by atoms with E-state index in [2.05, 4.69) is 11.7 Å². The highest BCUT2D eigenvalue weighted by Gasteiger charge is 2.42. The van der Waals surface area contributed by atoms with Crippen LogP contribution in [0.2, 0.25) is 0 Å². The lowest BCUT2D eigenvalue weighted by Gasteiger charge is -2.36. The Bertz CT molecular complexity index is 1040. The van der Waals surface area contributed by atoms with Crippen LogP contribution in [-0.4, -0.2) is 46.5 Å². The maximum Gasteiger partial charge on any atom is 0.411 e. The maximum absolute atomic E-state index is 12.9. The molecule has 2 aromatic carbocycles. The third kappa shape index (κ3) is 5.91. The third-order valence-corrected chi connectivity index (χ3v) is 4.74. The normalized spacial score (nSPS) is 16.6. The number of oxime groups is 1. The highest BCUT2D eigenvalue weighted by atomic mass is 16.6. The van der Waals surface area contributed by atoms with Crippen molar-refractivity contribution in [1.29, 1.82) is 0 Å². The summed E-state index contributed by atoms with van der Waals surface area (Å²) in [6.07, 6.45) is 0.834. The number of fused-ring (bicyclic) bond motifs is 1. The van der Waals surface area contributed by atoms with Crippen molar-refractivity contribution in [2.75, 3.05) is 13.2 Å². The number of rotatable bonds is 7. The number of carboxylic acids is 1. The lowest BCUT2D eigenvalue weighted by molar-refractivity contribution is -0.143. The molecule has 0 bridgehead atoms. The molecule has 1 atom stereocenters. The zero-order valence-electron chi connectivity index (χ0n) is 19.0. The van der Waals surface area contributed by atoms with E-state index in [0.717, 1.165) is 10.5 Å². The van der Waals surface area contributed by atoms with E-state index in [9.17, 15) is 14.7 Å². The molecule has 1 heterocycles. The van der Waals surface area contributed by atoms with Gasteiger partial charge in [-0.05, 0) is 38.0 Å². The molecule has 3 rings (SSSR count). The van der Waals surface area contributed by atoms with Gasteiger partial charge in [0.2, 0.25) is 0 Å². The Morgan fingerprint density at radius 1 is 1.18 bits per heavy atom. The van der Waals surface area contributed by atoms with Gasteiger partial charge < -0.3 is 19.4 Å². The van der Waals surface area contributed by atoms with Crippen molar-refractivity contribution in [2.45, 2.75) is 39.0 Å². The maximum atomic E-state index is 12.9. The molecule has 0 saturated heterocycles. The number of carboxylic acid groups (broad SMARTS) is 1. The Morgan fingerprint density at radius 3 is 2.55 bits per heavy atom. The number of aliphatic carboxylic acids is 1. The van der Waals surface area contributed by atoms with E-state index in [-0.39, 0.29) is 19.8 Å². The van der Waals surface area contributed by atoms with Gasteiger partial charge in [0.05, 0.1) is 6.54 Å². The van der Waals surface area contributed by atoms with Crippen molar-refractivity contribution >= 4 is 17.8 Å². The molecule has 2 aromatic rings. The number of hydrogen-bond donors (Lipinski definition) is 1. The Hall–Kier alpha value is -3.81. The van der Waals surface area contributed by atoms with Crippen molar-refractivity contribution < 1.29 is 29.0 Å². The van der Waals surface area contributed by atoms with Crippen LogP contribution in [0, 0.1) is 0 Å². The number of benzene rings is 2. The van der Waals surface area contributed by atoms with Crippen LogP contribution in [0.15, 0.2) is 66.3 Å². The first-order valence-electron chi connectivity index (χ1n) is 10.5. The van der Waals surface area contributed by atoms with Gasteiger partial charge in [0.1, 0.15) is 30.3 Å². The zero-order valence-corrected chi connectivity index (χ0v) is 19.0. The Balaban J connectivity index is 2.04. The van der Waals surface area contributed by atoms with Gasteiger partial charge in [-0.25, -0.2) is 9.59 Å². The quantitative estimate of drug-likeness (QED) is 0.489. The second-order valence-corrected chi connectivity index (χ2v) is 8.47. The van der Waals surface area contributed by atoms with Crippen LogP contribution < -0.4 is 4.74 Å². The SMILES string of the molecule is C=CCOc1cccc2c1C(=NOCc1ccccc1)CN(C(=O)OC(C)(C)C)C2C(=O)O. The monoisotopic (exact) mass is 452 g/mol. The summed E-state index contributed by atoms with van der Waals surface area (Å²) >= 11 is 0. The Morgan fingerprint density at radius 2 is 1.91 bits per heavy atom. The molecule has 1 N–H and O–H groups in total. The van der Waals surface area contributed by atoms with Gasteiger partial charge in [-0.2, -0.15) is 0 Å². The van der Waals surface area contributed by atoms with Crippen LogP contribution in [0.1, 0.15) is 43.5 Å². The molecule has 1 amide bonds. The highest BCUT2D eigenvalue weighted by Crippen LogP contribution is 2.36. The van der Waals surface area contributed by atoms with E-state index in [4.69, 9.17) is 14.3 Å². The van der Waals surface area contributed by atoms with Crippen molar-refractivity contribution in [1.82, 2.24) is 4.90 Å². The van der Waals surface area contributed by atoms with Crippen LogP contribution in [0.5, 0.6) is 5.75 Å². The van der Waals surface area contributed by atoms with Gasteiger partial charge in [-0.15, -0.1) is 0 Å². The molecule has 8 heteroatoms. The van der Waals surface area contributed by atoms with E-state index in [0.29, 0.717) is 22.6 Å². The number of nitrogens with zero attached hydrogens (tertiary/aromatic N) is 2. The summed E-state index contributed by atoms with van der Waals surface area (Å²) in [5, 5.41) is 14.3. The fourth-order valence-corrected chi connectivity index (χ4v) is 3.44. The summed E-state index contributed by atoms with van der Waals surface area (Å²) in [6.45, 7) is 9.13. The van der Waals surface area contributed by atoms with Crippen LogP contribution in [0.4, 0.5) is 4.79 Å². The second kappa shape index (κ2) is 10.2. The molecule has 174 valence electrons. The molecular weight excluding hydrogens is 424 g/mol. The fourth-order valence-electron chi connectivity index (χ4n) is 3.44. The fraction of sp³-hybridized carbons (Fsp3) is 0.320. The predicted octanol–water partition coefficient (Wildman–Crippen LogP) is 4.55. The molecule has 0 radical (unpaired) electrons. The summed E-state index contributed by atoms with van der Waals surface area (Å²) in [4.78, 5) is 31.9. The molecule has 0 aromatic heterocycles. The van der Waals surface area contributed by atoms with Gasteiger partial charge in [0, 0.05) is 5.56 Å². The van der Waals surface area contributed by atoms with Crippen molar-refractivity contribution in [3.63, 3.8) is 0 Å². The smallest absolute Gasteiger partial charge is 0.411 e. The molecule has 0 aliphatic carbocycles. The van der Waals surface area contributed by atoms with E-state index in [1.165, 1.54) is 0 Å². The number of hydrogen-bond acceptors (Lipinski definition) is 6. The van der Waals surface area contributed by atoms with Gasteiger partial charge in [0.25, 0.3) is 0 Å². The minimum Gasteiger partial charge on any atom is -0.489 e. The molecule has 0 fully saturated rings. The molecular formula is C25H28N2O6. The lowest BCUT2D eigenvalue weighted by Crippen LogP contribution is -2.48. The number of carbonyl (C=O) groups excluding carboxylic acids is 1. The molecule has 0 saturated carbocycles. The van der Waals surface area contributed by atoms with Crippen LogP contribution >= 0.6 is 0 Å². The molecule has 1 unspecified atom stereocenters. The van der Waals surface area contributed by atoms with Gasteiger partial charge >= 0.3 is 12.1 Å². The zero-order chi connectivity index (χ0) is 24.0. The van der Waals surface area contributed by atoms with E-state index < -0.39 is 23.7 Å². The largest absolute Gasteiger partial charge is 0.489 e. The topological polar surface area (TPSA) is 97.7 Å². The van der Waals surface area contributed by atoms with Crippen molar-refractivity contribution in [3.8, 4) is 5.75 Å². The Kier molecular flexibility index (Phi) is 7.37. The molecule has 8 nitrogen and oxygen atoms in total. The van der Waals surface area contributed by atoms with Crippen LogP contribution in [-0.2, 0) is 21.0 Å². The van der Waals surface area contributed by atoms with Crippen molar-refractivity contribution in [3.05, 3.63) is 77.9 Å². The first-order valence-corrected chi connectivity index (χ1v) is 10.5. The summed E-state index contributed by atoms with van der Waals surface area (Å²) in [5.41, 5.74) is 1.34. The molecule has 1 aliphatic heterocycles. The van der Waals surface area contributed by atoms with Crippen LogP contribution in [0.3, 0.4) is 0 Å². The molecule has 0 spiro atoms. The summed E-state index contributed by atoms with van der Waals surface area (Å²) in [5.74, 6) is -0.753. The average molecular weight is 453 g/mol. The predicted molar refractivity (Wildman–Crippen MR) is 123 cm³/mol. The highest BCUT2D eigenvalue weighted by molar-refractivity contribution is 6.09. The van der Waals surface area contributed by atoms with E-state index >= 15 is 0 Å². The number of ether oxygens (including phenoxy) is 2. The molecule has 33 heavy (non-hydrogen) atoms. The van der Waals surface area contributed by atoms with Crippen LogP contribution in [0.25, 0.3) is 0 Å². The first kappa shape index (κ1) is 23.8. The number of amides is 1. The molecule has 1 aliphatic rings. The van der Waals surface area contributed by atoms with Gasteiger partial charge in [0.15, 0.2) is 6.04 Å². The minimum atomic E-state index is -1.27. The first-order chi connectivity index (χ1) is 15.7. The van der Waals surface area contributed by atoms with Gasteiger partial charge in [-0.1, -0.05) is 60.3 Å². The summed E-state index contributed by atoms with van der Waals surface area (Å²) < 4.78 is 11.2. The number of carbonyl (C=O) groups is 2. The standard InChI is InChI=1S/C25H28N2O6/c1-5-14-31-20-13-9-12-18-21(20)19(26-32-16-17-10-7-6-8-11-17)15-27(22(18)23(28)29)24(30)33-25(2,3)4/h5-13,22H,1,14-16H2,2-4H3,(H,28,29).